The molecule has 0 aliphatic carbocycles. The molecule has 3 aromatic rings. The fourth-order valence-electron chi connectivity index (χ4n) is 4.63. The maximum atomic E-state index is 13.2. The number of fused-ring (bicyclic) bond motifs is 6. The molecule has 0 radical (unpaired) electrons. The number of carboxylic acids is 1. The van der Waals surface area contributed by atoms with Crippen molar-refractivity contribution in [3.05, 3.63) is 80.8 Å². The van der Waals surface area contributed by atoms with E-state index in [1.54, 1.807) is 49.2 Å². The van der Waals surface area contributed by atoms with Gasteiger partial charge in [-0.1, -0.05) is 84.6 Å². The molecule has 0 fully saturated rings. The van der Waals surface area contributed by atoms with Gasteiger partial charge in [0.1, 0.15) is 11.5 Å². The molecule has 1 N–H and O–H groups in total. The summed E-state index contributed by atoms with van der Waals surface area (Å²) in [4.78, 5) is 24.0. The Morgan fingerprint density at radius 1 is 0.800 bits per heavy atom. The number of carbonyl (C=O) groups excluding carboxylic acids is 1. The average Bonchev–Trinajstić information content (AvgIpc) is 3.22. The summed E-state index contributed by atoms with van der Waals surface area (Å²) in [5.41, 5.74) is 1.48. The normalized spacial score (nSPS) is 14.5. The van der Waals surface area contributed by atoms with Crippen LogP contribution in [0.3, 0.4) is 0 Å². The van der Waals surface area contributed by atoms with Gasteiger partial charge in [0.25, 0.3) is 5.97 Å². The average molecular weight is 730 g/mol. The first-order chi connectivity index (χ1) is 21.0. The summed E-state index contributed by atoms with van der Waals surface area (Å²) in [5, 5.41) is 8.59. The van der Waals surface area contributed by atoms with E-state index in [-0.39, 0.29) is 5.97 Å². The van der Waals surface area contributed by atoms with E-state index in [0.717, 1.165) is 55.8 Å². The van der Waals surface area contributed by atoms with Gasteiger partial charge in [0.15, 0.2) is 5.60 Å². The molecule has 2 heterocycles. The molecule has 0 saturated heterocycles. The van der Waals surface area contributed by atoms with E-state index in [1.165, 1.54) is 0 Å². The third kappa shape index (κ3) is 8.81. The number of benzene rings is 3. The summed E-state index contributed by atoms with van der Waals surface area (Å²) in [6.07, 6.45) is 0. The van der Waals surface area contributed by atoms with E-state index in [0.29, 0.717) is 38.2 Å². The second-order valence-electron chi connectivity index (χ2n) is 12.6. The molecule has 45 heavy (non-hydrogen) atoms. The van der Waals surface area contributed by atoms with Gasteiger partial charge in [0.2, 0.25) is 0 Å². The number of hydrogen-bond donors (Lipinski definition) is 1. The smallest absolute Gasteiger partial charge is 0.340 e. The lowest BCUT2D eigenvalue weighted by molar-refractivity contribution is -0.867. The van der Waals surface area contributed by atoms with E-state index >= 15 is 0 Å². The van der Waals surface area contributed by atoms with Crippen molar-refractivity contribution in [3.8, 4) is 11.5 Å². The Bertz CT molecular complexity index is 1510. The molecule has 0 unspecified atom stereocenters. The number of carboxylic acid groups (broad SMARTS) is 1. The molecule has 0 saturated carbocycles. The molecule has 3 aromatic carbocycles. The third-order valence-corrected chi connectivity index (χ3v) is 12.4. The summed E-state index contributed by atoms with van der Waals surface area (Å²) in [6, 6.07) is 15.2. The van der Waals surface area contributed by atoms with Crippen LogP contribution in [0.15, 0.2) is 58.3 Å². The highest BCUT2D eigenvalue weighted by Crippen LogP contribution is 2.59. The van der Waals surface area contributed by atoms with Crippen LogP contribution in [-0.2, 0) is 15.1 Å². The molecule has 0 bridgehead atoms. The van der Waals surface area contributed by atoms with Crippen LogP contribution in [-0.4, -0.2) is 92.9 Å². The molecular weight excluding hydrogens is 692 g/mol. The summed E-state index contributed by atoms with van der Waals surface area (Å²) < 4.78 is 14.7. The van der Waals surface area contributed by atoms with Gasteiger partial charge in [0.05, 0.1) is 82.5 Å². The number of halogens is 2. The summed E-state index contributed by atoms with van der Waals surface area (Å²) in [6.45, 7) is 3.15. The van der Waals surface area contributed by atoms with Gasteiger partial charge in [-0.2, -0.15) is 0 Å². The lowest BCUT2D eigenvalue weighted by Crippen LogP contribution is -2.36. The predicted octanol–water partition coefficient (Wildman–Crippen LogP) is 8.55. The minimum absolute atomic E-state index is 0.379. The fourth-order valence-corrected chi connectivity index (χ4v) is 10.3. The molecule has 2 aliphatic heterocycles. The van der Waals surface area contributed by atoms with E-state index in [1.807, 2.05) is 42.5 Å². The minimum atomic E-state index is -1.20. The number of esters is 1. The molecule has 5 rings (SSSR count). The molecule has 0 atom stereocenters. The van der Waals surface area contributed by atoms with Crippen LogP contribution in [0.4, 0.5) is 0 Å². The highest BCUT2D eigenvalue weighted by atomic mass is 35.5. The van der Waals surface area contributed by atoms with Crippen LogP contribution >= 0.6 is 66.4 Å². The van der Waals surface area contributed by atoms with E-state index in [2.05, 4.69) is 42.3 Å². The Hall–Kier alpha value is -1.70. The molecule has 242 valence electrons. The van der Waals surface area contributed by atoms with E-state index in [4.69, 9.17) is 42.6 Å². The molecule has 0 amide bonds. The van der Waals surface area contributed by atoms with Crippen LogP contribution in [0.5, 0.6) is 11.5 Å². The van der Waals surface area contributed by atoms with Crippen molar-refractivity contribution < 1.29 is 33.1 Å². The van der Waals surface area contributed by atoms with Crippen molar-refractivity contribution in [2.75, 3.05) is 66.9 Å². The Balaban J connectivity index is 0.00000109. The molecule has 2 aliphatic rings. The van der Waals surface area contributed by atoms with Crippen molar-refractivity contribution in [1.29, 1.82) is 0 Å². The zero-order chi connectivity index (χ0) is 33.2. The lowest BCUT2D eigenvalue weighted by Gasteiger charge is -2.37. The third-order valence-electron chi connectivity index (χ3n) is 6.81. The second kappa shape index (κ2) is 14.6. The van der Waals surface area contributed by atoms with Gasteiger partial charge in [-0.05, 0) is 30.3 Å². The highest BCUT2D eigenvalue weighted by Gasteiger charge is 2.54. The summed E-state index contributed by atoms with van der Waals surface area (Å²) in [5.74, 6) is 1.99. The highest BCUT2D eigenvalue weighted by molar-refractivity contribution is 8.77. The molecule has 0 aromatic heterocycles. The number of quaternary nitrogens is 2. The van der Waals surface area contributed by atoms with Gasteiger partial charge in [0, 0.05) is 33.4 Å². The SMILES string of the molecule is CC(=O)O.C[N+](C)(C)CCSSc1cc2c(cc1Cl)C1(OC(=O)c3ccccc31)c1cc(Cl)c(SSCC[N+](C)(C)C)cc1O2. The fraction of sp³-hybridized carbons (Fsp3) is 0.375. The molecule has 1 spiro atoms. The Morgan fingerprint density at radius 3 is 1.69 bits per heavy atom. The van der Waals surface area contributed by atoms with Crippen molar-refractivity contribution in [1.82, 2.24) is 0 Å². The monoisotopic (exact) mass is 728 g/mol. The Labute approximate surface area is 291 Å². The Morgan fingerprint density at radius 2 is 1.24 bits per heavy atom. The number of carbonyl (C=O) groups is 2. The quantitative estimate of drug-likeness (QED) is 0.0957. The van der Waals surface area contributed by atoms with Gasteiger partial charge in [-0.15, -0.1) is 0 Å². The van der Waals surface area contributed by atoms with Crippen molar-refractivity contribution in [2.45, 2.75) is 22.3 Å². The van der Waals surface area contributed by atoms with Crippen molar-refractivity contribution in [2.24, 2.45) is 0 Å². The Kier molecular flexibility index (Phi) is 11.7. The van der Waals surface area contributed by atoms with Crippen molar-refractivity contribution in [3.63, 3.8) is 0 Å². The first-order valence-corrected chi connectivity index (χ1v) is 19.5. The minimum Gasteiger partial charge on any atom is -0.481 e. The second-order valence-corrected chi connectivity index (χ2v) is 18.4. The zero-order valence-electron chi connectivity index (χ0n) is 26.3. The standard InChI is InChI=1S/C30H34Cl2N2O3S4.C2H4O2/c1-33(2,3)11-13-38-40-27-17-25-21(15-23(27)31)30(20-10-8-7-9-19(20)29(35)37-30)22-16-24(32)28(18-26(22)36-25)41-39-14-12-34(4,5)6;1-2(3)4/h7-10,15-18H,11-14H2,1-6H3;1H3,(H,3,4)/q+2;. The largest absolute Gasteiger partial charge is 0.481 e. The van der Waals surface area contributed by atoms with Crippen LogP contribution in [0.1, 0.15) is 34.0 Å². The number of aliphatic carboxylic acids is 1. The molecular formula is C32H38Cl2N2O5S4+2. The number of hydrogen-bond acceptors (Lipinski definition) is 8. The van der Waals surface area contributed by atoms with Gasteiger partial charge in [-0.25, -0.2) is 4.79 Å². The van der Waals surface area contributed by atoms with E-state index < -0.39 is 11.6 Å². The number of ether oxygens (including phenoxy) is 2. The van der Waals surface area contributed by atoms with Gasteiger partial charge >= 0.3 is 5.97 Å². The summed E-state index contributed by atoms with van der Waals surface area (Å²) >= 11 is 13.7. The van der Waals surface area contributed by atoms with Crippen LogP contribution in [0.2, 0.25) is 10.0 Å². The first kappa shape index (κ1) is 36.1. The number of rotatable bonds is 10. The predicted molar refractivity (Wildman–Crippen MR) is 190 cm³/mol. The van der Waals surface area contributed by atoms with Crippen LogP contribution < -0.4 is 4.74 Å². The topological polar surface area (TPSA) is 72.8 Å². The van der Waals surface area contributed by atoms with Crippen LogP contribution in [0, 0.1) is 0 Å². The number of nitrogens with zero attached hydrogens (tertiary/aromatic N) is 2. The zero-order valence-corrected chi connectivity index (χ0v) is 31.1. The van der Waals surface area contributed by atoms with Gasteiger partial charge < -0.3 is 23.5 Å². The molecule has 7 nitrogen and oxygen atoms in total. The first-order valence-electron chi connectivity index (χ1n) is 14.1. The van der Waals surface area contributed by atoms with Crippen LogP contribution in [0.25, 0.3) is 0 Å². The van der Waals surface area contributed by atoms with E-state index in [9.17, 15) is 4.79 Å². The maximum absolute atomic E-state index is 13.2. The maximum Gasteiger partial charge on any atom is 0.340 e. The molecule has 13 heteroatoms. The van der Waals surface area contributed by atoms with Gasteiger partial charge in [-0.3, -0.25) is 4.79 Å². The van der Waals surface area contributed by atoms with Crippen molar-refractivity contribution >= 4 is 78.3 Å². The summed E-state index contributed by atoms with van der Waals surface area (Å²) in [7, 11) is 19.9. The lowest BCUT2D eigenvalue weighted by atomic mass is 9.78.